The molecule has 0 aliphatic heterocycles. The highest BCUT2D eigenvalue weighted by Crippen LogP contribution is 2.30. The predicted molar refractivity (Wildman–Crippen MR) is 163 cm³/mol. The number of carbonyl (C=O) groups is 8. The van der Waals surface area contributed by atoms with Crippen molar-refractivity contribution in [2.75, 3.05) is 14.2 Å². The lowest BCUT2D eigenvalue weighted by Crippen LogP contribution is -2.43. The van der Waals surface area contributed by atoms with Gasteiger partial charge in [0, 0.05) is 52.7 Å². The van der Waals surface area contributed by atoms with Crippen LogP contribution in [-0.4, -0.2) is 73.9 Å². The maximum absolute atomic E-state index is 12.7. The van der Waals surface area contributed by atoms with Gasteiger partial charge in [0.1, 0.15) is 12.1 Å². The Morgan fingerprint density at radius 3 is 1.15 bits per heavy atom. The van der Waals surface area contributed by atoms with Gasteiger partial charge in [-0.05, 0) is 35.4 Å². The molecule has 0 fully saturated rings. The standard InChI is InChI=1S/C32H34N2O14/c1-17(35)45-25-9-7-21(15-27(25)47-19(3)37)13-23(31(41)43-5)33-29(39)11-12-30(40)34-24(32(42)44-6)14-22-8-10-26(46-18(2)36)28(16-22)48-20(4)38/h7-12,15-16,23-24H,13-14H2,1-6H3,(H,33,39)(H,34,40)/b12-11-. The zero-order valence-electron chi connectivity index (χ0n) is 26.9. The third-order valence-corrected chi connectivity index (χ3v) is 5.90. The van der Waals surface area contributed by atoms with Crippen LogP contribution in [0.1, 0.15) is 38.8 Å². The van der Waals surface area contributed by atoms with Gasteiger partial charge in [0.05, 0.1) is 14.2 Å². The number of amides is 2. The average molecular weight is 671 g/mol. The van der Waals surface area contributed by atoms with Crippen LogP contribution in [0.5, 0.6) is 23.0 Å². The second-order valence-corrected chi connectivity index (χ2v) is 9.85. The van der Waals surface area contributed by atoms with Crippen LogP contribution in [0.2, 0.25) is 0 Å². The molecule has 256 valence electrons. The van der Waals surface area contributed by atoms with Crippen molar-refractivity contribution in [3.8, 4) is 23.0 Å². The smallest absolute Gasteiger partial charge is 0.328 e. The molecule has 0 bridgehead atoms. The molecule has 2 N–H and O–H groups in total. The summed E-state index contributed by atoms with van der Waals surface area (Å²) in [6, 6.07) is 5.81. The van der Waals surface area contributed by atoms with Crippen molar-refractivity contribution in [3.63, 3.8) is 0 Å². The Morgan fingerprint density at radius 2 is 0.854 bits per heavy atom. The molecule has 0 aromatic heterocycles. The molecule has 2 aromatic carbocycles. The molecule has 0 saturated carbocycles. The van der Waals surface area contributed by atoms with Crippen molar-refractivity contribution in [1.29, 1.82) is 0 Å². The Labute approximate surface area is 274 Å². The molecular formula is C32H34N2O14. The van der Waals surface area contributed by atoms with Crippen LogP contribution >= 0.6 is 0 Å². The summed E-state index contributed by atoms with van der Waals surface area (Å²) in [4.78, 5) is 96.1. The van der Waals surface area contributed by atoms with Gasteiger partial charge in [-0.25, -0.2) is 9.59 Å². The Bertz CT molecular complexity index is 1500. The van der Waals surface area contributed by atoms with Gasteiger partial charge in [0.25, 0.3) is 0 Å². The Morgan fingerprint density at radius 1 is 0.542 bits per heavy atom. The molecule has 2 unspecified atom stereocenters. The van der Waals surface area contributed by atoms with Crippen molar-refractivity contribution in [2.45, 2.75) is 52.6 Å². The predicted octanol–water partition coefficient (Wildman–Crippen LogP) is 1.04. The first kappa shape index (κ1) is 38.1. The number of esters is 6. The van der Waals surface area contributed by atoms with Crippen molar-refractivity contribution in [2.24, 2.45) is 0 Å². The fraction of sp³-hybridized carbons (Fsp3) is 0.312. The summed E-state index contributed by atoms with van der Waals surface area (Å²) in [5.74, 6) is -6.39. The first-order valence-corrected chi connectivity index (χ1v) is 14.1. The van der Waals surface area contributed by atoms with Gasteiger partial charge >= 0.3 is 35.8 Å². The highest BCUT2D eigenvalue weighted by Gasteiger charge is 2.25. The molecule has 48 heavy (non-hydrogen) atoms. The van der Waals surface area contributed by atoms with Crippen molar-refractivity contribution in [3.05, 3.63) is 59.7 Å². The van der Waals surface area contributed by atoms with E-state index < -0.39 is 59.7 Å². The number of benzene rings is 2. The van der Waals surface area contributed by atoms with Crippen LogP contribution < -0.4 is 29.6 Å². The third kappa shape index (κ3) is 12.7. The number of nitrogens with one attached hydrogen (secondary N) is 2. The van der Waals surface area contributed by atoms with Gasteiger partial charge in [-0.2, -0.15) is 0 Å². The summed E-state index contributed by atoms with van der Waals surface area (Å²) < 4.78 is 29.8. The molecule has 0 heterocycles. The fourth-order valence-corrected chi connectivity index (χ4v) is 4.04. The molecule has 2 amide bonds. The maximum Gasteiger partial charge on any atom is 0.328 e. The van der Waals surface area contributed by atoms with E-state index in [0.717, 1.165) is 54.1 Å². The second-order valence-electron chi connectivity index (χ2n) is 9.85. The first-order chi connectivity index (χ1) is 22.6. The third-order valence-electron chi connectivity index (χ3n) is 5.90. The lowest BCUT2D eigenvalue weighted by atomic mass is 10.0. The minimum atomic E-state index is -1.26. The molecule has 2 atom stereocenters. The highest BCUT2D eigenvalue weighted by atomic mass is 16.6. The highest BCUT2D eigenvalue weighted by molar-refractivity contribution is 5.99. The molecule has 0 aliphatic carbocycles. The Balaban J connectivity index is 2.18. The van der Waals surface area contributed by atoms with Crippen LogP contribution in [0.25, 0.3) is 0 Å². The van der Waals surface area contributed by atoms with Crippen molar-refractivity contribution >= 4 is 47.6 Å². The quantitative estimate of drug-likeness (QED) is 0.163. The lowest BCUT2D eigenvalue weighted by Gasteiger charge is -2.17. The minimum absolute atomic E-state index is 0.0387. The number of carbonyl (C=O) groups excluding carboxylic acids is 8. The lowest BCUT2D eigenvalue weighted by molar-refractivity contribution is -0.145. The minimum Gasteiger partial charge on any atom is -0.467 e. The normalized spacial score (nSPS) is 11.7. The van der Waals surface area contributed by atoms with Gasteiger partial charge in [-0.15, -0.1) is 0 Å². The van der Waals surface area contributed by atoms with Crippen LogP contribution in [0.3, 0.4) is 0 Å². The molecular weight excluding hydrogens is 636 g/mol. The number of ether oxygens (including phenoxy) is 6. The van der Waals surface area contributed by atoms with Crippen LogP contribution in [0.15, 0.2) is 48.6 Å². The van der Waals surface area contributed by atoms with Crippen molar-refractivity contribution in [1.82, 2.24) is 10.6 Å². The largest absolute Gasteiger partial charge is 0.467 e. The number of rotatable bonds is 14. The van der Waals surface area contributed by atoms with Crippen LogP contribution in [0.4, 0.5) is 0 Å². The monoisotopic (exact) mass is 670 g/mol. The zero-order chi connectivity index (χ0) is 36.0. The summed E-state index contributed by atoms with van der Waals surface area (Å²) in [7, 11) is 2.20. The maximum atomic E-state index is 12.7. The van der Waals surface area contributed by atoms with E-state index in [1.54, 1.807) is 0 Å². The van der Waals surface area contributed by atoms with E-state index in [9.17, 15) is 38.4 Å². The molecule has 2 rings (SSSR count). The van der Waals surface area contributed by atoms with E-state index in [4.69, 9.17) is 28.4 Å². The Kier molecular flexibility index (Phi) is 14.4. The molecule has 2 aromatic rings. The topological polar surface area (TPSA) is 216 Å². The van der Waals surface area contributed by atoms with E-state index in [2.05, 4.69) is 10.6 Å². The van der Waals surface area contributed by atoms with Gasteiger partial charge in [-0.3, -0.25) is 28.8 Å². The summed E-state index contributed by atoms with van der Waals surface area (Å²) in [6.45, 7) is 4.60. The fourth-order valence-electron chi connectivity index (χ4n) is 4.04. The van der Waals surface area contributed by atoms with E-state index in [1.165, 1.54) is 36.4 Å². The van der Waals surface area contributed by atoms with Crippen LogP contribution in [0, 0.1) is 0 Å². The Hall–Kier alpha value is -6.06. The summed E-state index contributed by atoms with van der Waals surface area (Å²) in [5.41, 5.74) is 0.775. The van der Waals surface area contributed by atoms with Gasteiger partial charge in [0.15, 0.2) is 23.0 Å². The molecule has 0 saturated heterocycles. The summed E-state index contributed by atoms with van der Waals surface area (Å²) in [6.07, 6.45) is 1.34. The first-order valence-electron chi connectivity index (χ1n) is 14.1. The SMILES string of the molecule is COC(=O)C(Cc1ccc(OC(C)=O)c(OC(C)=O)c1)NC(=O)/C=C\C(=O)NC(Cc1ccc(OC(C)=O)c(OC(C)=O)c1)C(=O)OC. The molecule has 16 nitrogen and oxygen atoms in total. The summed E-state index contributed by atoms with van der Waals surface area (Å²) >= 11 is 0. The second kappa shape index (κ2) is 18.2. The van der Waals surface area contributed by atoms with Gasteiger partial charge in [-0.1, -0.05) is 12.1 Å². The molecule has 0 spiro atoms. The number of methoxy groups -OCH3 is 2. The summed E-state index contributed by atoms with van der Waals surface area (Å²) in [5, 5.41) is 4.81. The van der Waals surface area contributed by atoms with Gasteiger partial charge in [0.2, 0.25) is 11.8 Å². The van der Waals surface area contributed by atoms with Crippen molar-refractivity contribution < 1.29 is 66.8 Å². The average Bonchev–Trinajstić information content (AvgIpc) is 3.00. The molecule has 0 aliphatic rings. The van der Waals surface area contributed by atoms with Gasteiger partial charge < -0.3 is 39.1 Å². The zero-order valence-corrected chi connectivity index (χ0v) is 26.9. The van der Waals surface area contributed by atoms with E-state index >= 15 is 0 Å². The number of hydrogen-bond acceptors (Lipinski definition) is 14. The van der Waals surface area contributed by atoms with Crippen LogP contribution in [-0.2, 0) is 60.7 Å². The molecule has 0 radical (unpaired) electrons. The molecule has 16 heteroatoms. The van der Waals surface area contributed by atoms with E-state index in [-0.39, 0.29) is 35.8 Å². The number of hydrogen-bond donors (Lipinski definition) is 2. The van der Waals surface area contributed by atoms with E-state index in [1.807, 2.05) is 0 Å². The van der Waals surface area contributed by atoms with E-state index in [0.29, 0.717) is 11.1 Å².